The molecule has 2 aliphatic rings. The SMILES string of the molecule is COc1ccc(NC(=O)N2CCCCN3[C@H](C2)[C@H](c2ccc(C#Cc4ccccc4)cc2)[C@@H]3CO)cc1. The Labute approximate surface area is 218 Å². The van der Waals surface area contributed by atoms with E-state index in [4.69, 9.17) is 4.74 Å². The van der Waals surface area contributed by atoms with Crippen LogP contribution in [-0.4, -0.2) is 66.4 Å². The van der Waals surface area contributed by atoms with Crippen LogP contribution in [0, 0.1) is 11.8 Å². The predicted octanol–water partition coefficient (Wildman–Crippen LogP) is 4.55. The molecule has 6 nitrogen and oxygen atoms in total. The molecular formula is C31H33N3O3. The number of nitrogens with zero attached hydrogens (tertiary/aromatic N) is 2. The molecule has 0 spiro atoms. The second kappa shape index (κ2) is 11.5. The third-order valence-electron chi connectivity index (χ3n) is 7.42. The second-order valence-electron chi connectivity index (χ2n) is 9.63. The minimum absolute atomic E-state index is 0.0656. The van der Waals surface area contributed by atoms with Gasteiger partial charge in [0.05, 0.1) is 13.7 Å². The first-order valence-corrected chi connectivity index (χ1v) is 12.9. The van der Waals surface area contributed by atoms with Crippen molar-refractivity contribution < 1.29 is 14.6 Å². The van der Waals surface area contributed by atoms with Gasteiger partial charge in [-0.25, -0.2) is 4.79 Å². The smallest absolute Gasteiger partial charge is 0.321 e. The number of benzene rings is 3. The summed E-state index contributed by atoms with van der Waals surface area (Å²) >= 11 is 0. The highest BCUT2D eigenvalue weighted by molar-refractivity contribution is 5.89. The van der Waals surface area contributed by atoms with Crippen LogP contribution in [0.1, 0.15) is 35.4 Å². The third kappa shape index (κ3) is 5.64. The number of methoxy groups -OCH3 is 1. The molecule has 5 rings (SSSR count). The number of urea groups is 1. The van der Waals surface area contributed by atoms with Gasteiger partial charge in [0.1, 0.15) is 5.75 Å². The van der Waals surface area contributed by atoms with Gasteiger partial charge in [-0.15, -0.1) is 0 Å². The van der Waals surface area contributed by atoms with Crippen molar-refractivity contribution in [2.75, 3.05) is 38.7 Å². The first-order chi connectivity index (χ1) is 18.2. The number of rotatable bonds is 4. The third-order valence-corrected chi connectivity index (χ3v) is 7.42. The Morgan fingerprint density at radius 3 is 2.30 bits per heavy atom. The highest BCUT2D eigenvalue weighted by Gasteiger charge is 2.49. The fourth-order valence-corrected chi connectivity index (χ4v) is 5.46. The topological polar surface area (TPSA) is 65.0 Å². The molecule has 190 valence electrons. The number of amides is 2. The van der Waals surface area contributed by atoms with Gasteiger partial charge < -0.3 is 20.1 Å². The van der Waals surface area contributed by atoms with Crippen LogP contribution in [0.15, 0.2) is 78.9 Å². The van der Waals surface area contributed by atoms with E-state index < -0.39 is 0 Å². The molecule has 2 N–H and O–H groups in total. The van der Waals surface area contributed by atoms with Gasteiger partial charge in [-0.2, -0.15) is 0 Å². The molecule has 0 aromatic heterocycles. The number of hydrogen-bond acceptors (Lipinski definition) is 4. The highest BCUT2D eigenvalue weighted by Crippen LogP contribution is 2.42. The molecule has 0 unspecified atom stereocenters. The van der Waals surface area contributed by atoms with E-state index in [2.05, 4.69) is 46.3 Å². The Bertz CT molecular complexity index is 1250. The van der Waals surface area contributed by atoms with Gasteiger partial charge in [0.25, 0.3) is 0 Å². The number of hydrogen-bond donors (Lipinski definition) is 2. The monoisotopic (exact) mass is 495 g/mol. The van der Waals surface area contributed by atoms with Crippen LogP contribution in [0.5, 0.6) is 5.75 Å². The molecular weight excluding hydrogens is 462 g/mol. The number of ether oxygens (including phenoxy) is 1. The first kappa shape index (κ1) is 24.9. The average Bonchev–Trinajstić information content (AvgIpc) is 2.92. The molecule has 0 aliphatic carbocycles. The first-order valence-electron chi connectivity index (χ1n) is 12.9. The number of anilines is 1. The van der Waals surface area contributed by atoms with E-state index in [1.165, 1.54) is 5.56 Å². The lowest BCUT2D eigenvalue weighted by molar-refractivity contribution is -0.0585. The molecule has 2 amide bonds. The number of nitrogens with one attached hydrogen (secondary N) is 1. The Morgan fingerprint density at radius 1 is 0.946 bits per heavy atom. The quantitative estimate of drug-likeness (QED) is 0.521. The summed E-state index contributed by atoms with van der Waals surface area (Å²) in [6, 6.07) is 25.8. The van der Waals surface area contributed by atoms with Crippen LogP contribution >= 0.6 is 0 Å². The Balaban J connectivity index is 1.30. The van der Waals surface area contributed by atoms with Crippen molar-refractivity contribution in [3.05, 3.63) is 95.6 Å². The van der Waals surface area contributed by atoms with E-state index in [9.17, 15) is 9.90 Å². The maximum Gasteiger partial charge on any atom is 0.321 e. The average molecular weight is 496 g/mol. The zero-order valence-corrected chi connectivity index (χ0v) is 21.1. The lowest BCUT2D eigenvalue weighted by Crippen LogP contribution is -2.68. The van der Waals surface area contributed by atoms with Crippen LogP contribution < -0.4 is 10.1 Å². The number of carbonyl (C=O) groups is 1. The van der Waals surface area contributed by atoms with Gasteiger partial charge in [0.15, 0.2) is 0 Å². The largest absolute Gasteiger partial charge is 0.497 e. The molecule has 2 saturated heterocycles. The maximum absolute atomic E-state index is 13.2. The van der Waals surface area contributed by atoms with Crippen LogP contribution in [-0.2, 0) is 0 Å². The Morgan fingerprint density at radius 2 is 1.62 bits per heavy atom. The van der Waals surface area contributed by atoms with Crippen molar-refractivity contribution in [2.45, 2.75) is 30.8 Å². The molecule has 2 fully saturated rings. The van der Waals surface area contributed by atoms with Crippen molar-refractivity contribution in [1.82, 2.24) is 9.80 Å². The maximum atomic E-state index is 13.2. The number of aliphatic hydroxyl groups is 1. The fourth-order valence-electron chi connectivity index (χ4n) is 5.46. The zero-order chi connectivity index (χ0) is 25.6. The van der Waals surface area contributed by atoms with Crippen molar-refractivity contribution in [3.63, 3.8) is 0 Å². The normalized spacial score (nSPS) is 21.4. The second-order valence-corrected chi connectivity index (χ2v) is 9.63. The standard InChI is InChI=1S/C31H33N3O3/c1-37-27-17-15-26(16-18-27)32-31(36)33-19-5-6-20-34-28(21-33)30(29(34)22-35)25-13-11-24(12-14-25)10-9-23-7-3-2-4-8-23/h2-4,7-8,11-18,28-30,35H,5-6,19-22H2,1H3,(H,32,36)/t28-,29+,30+/m1/s1. The molecule has 37 heavy (non-hydrogen) atoms. The van der Waals surface area contributed by atoms with E-state index in [1.807, 2.05) is 59.5 Å². The van der Waals surface area contributed by atoms with Crippen molar-refractivity contribution >= 4 is 11.7 Å². The lowest BCUT2D eigenvalue weighted by Gasteiger charge is -2.57. The molecule has 2 heterocycles. The molecule has 0 saturated carbocycles. The minimum atomic E-state index is -0.0928. The highest BCUT2D eigenvalue weighted by atomic mass is 16.5. The molecule has 0 radical (unpaired) electrons. The van der Waals surface area contributed by atoms with Gasteiger partial charge in [-0.3, -0.25) is 4.90 Å². The van der Waals surface area contributed by atoms with Crippen LogP contribution in [0.3, 0.4) is 0 Å². The van der Waals surface area contributed by atoms with Crippen molar-refractivity contribution in [2.24, 2.45) is 0 Å². The van der Waals surface area contributed by atoms with E-state index in [1.54, 1.807) is 7.11 Å². The number of carbonyl (C=O) groups excluding carboxylic acids is 1. The minimum Gasteiger partial charge on any atom is -0.497 e. The van der Waals surface area contributed by atoms with Gasteiger partial charge in [-0.05, 0) is 73.5 Å². The van der Waals surface area contributed by atoms with Crippen LogP contribution in [0.4, 0.5) is 10.5 Å². The summed E-state index contributed by atoms with van der Waals surface area (Å²) in [6.45, 7) is 2.39. The van der Waals surface area contributed by atoms with Crippen LogP contribution in [0.25, 0.3) is 0 Å². The molecule has 0 bridgehead atoms. The van der Waals surface area contributed by atoms with Crippen molar-refractivity contribution in [1.29, 1.82) is 0 Å². The molecule has 6 heteroatoms. The van der Waals surface area contributed by atoms with Gasteiger partial charge in [-0.1, -0.05) is 42.2 Å². The Kier molecular flexibility index (Phi) is 7.74. The summed E-state index contributed by atoms with van der Waals surface area (Å²) in [4.78, 5) is 17.5. The van der Waals surface area contributed by atoms with E-state index in [0.717, 1.165) is 48.5 Å². The number of aliphatic hydroxyl groups excluding tert-OH is 1. The molecule has 3 atom stereocenters. The summed E-state index contributed by atoms with van der Waals surface area (Å²) < 4.78 is 5.21. The summed E-state index contributed by atoms with van der Waals surface area (Å²) in [7, 11) is 1.62. The summed E-state index contributed by atoms with van der Waals surface area (Å²) in [6.07, 6.45) is 1.94. The Hall–Kier alpha value is -3.79. The molecule has 3 aromatic carbocycles. The van der Waals surface area contributed by atoms with Gasteiger partial charge in [0.2, 0.25) is 0 Å². The molecule has 2 aliphatic heterocycles. The van der Waals surface area contributed by atoms with Gasteiger partial charge >= 0.3 is 6.03 Å². The number of fused-ring (bicyclic) bond motifs is 1. The van der Waals surface area contributed by atoms with E-state index >= 15 is 0 Å². The lowest BCUT2D eigenvalue weighted by atomic mass is 9.74. The summed E-state index contributed by atoms with van der Waals surface area (Å²) in [5, 5.41) is 13.3. The van der Waals surface area contributed by atoms with Gasteiger partial charge in [0, 0.05) is 47.9 Å². The van der Waals surface area contributed by atoms with E-state index in [0.29, 0.717) is 6.54 Å². The predicted molar refractivity (Wildman–Crippen MR) is 146 cm³/mol. The molecule has 3 aromatic rings. The summed E-state index contributed by atoms with van der Waals surface area (Å²) in [5.41, 5.74) is 3.88. The van der Waals surface area contributed by atoms with Crippen molar-refractivity contribution in [3.8, 4) is 17.6 Å². The fraction of sp³-hybridized carbons (Fsp3) is 0.323. The summed E-state index contributed by atoms with van der Waals surface area (Å²) in [5.74, 6) is 7.36. The van der Waals surface area contributed by atoms with E-state index in [-0.39, 0.29) is 30.6 Å². The van der Waals surface area contributed by atoms with Crippen LogP contribution in [0.2, 0.25) is 0 Å². The zero-order valence-electron chi connectivity index (χ0n) is 21.1.